The van der Waals surface area contributed by atoms with Gasteiger partial charge in [0.1, 0.15) is 0 Å². The van der Waals surface area contributed by atoms with Gasteiger partial charge in [0.05, 0.1) is 11.0 Å². The molecule has 0 radical (unpaired) electrons. The van der Waals surface area contributed by atoms with Gasteiger partial charge >= 0.3 is 0 Å². The lowest BCUT2D eigenvalue weighted by molar-refractivity contribution is 0.0928. The Kier molecular flexibility index (Phi) is 3.22. The monoisotopic (exact) mass is 235 g/mol. The second-order valence-electron chi connectivity index (χ2n) is 3.71. The van der Waals surface area contributed by atoms with Crippen LogP contribution in [0.5, 0.6) is 0 Å². The molecule has 0 saturated heterocycles. The summed E-state index contributed by atoms with van der Waals surface area (Å²) in [6.45, 7) is 1.93. The molecule has 0 aliphatic carbocycles. The highest BCUT2D eigenvalue weighted by Crippen LogP contribution is 2.24. The first-order valence-electron chi connectivity index (χ1n) is 5.11. The Labute approximate surface area is 97.7 Å². The summed E-state index contributed by atoms with van der Waals surface area (Å²) < 4.78 is 1.10. The van der Waals surface area contributed by atoms with Crippen molar-refractivity contribution in [3.63, 3.8) is 0 Å². The minimum absolute atomic E-state index is 0.123. The fourth-order valence-electron chi connectivity index (χ4n) is 1.42. The third-order valence-corrected chi connectivity index (χ3v) is 3.32. The van der Waals surface area contributed by atoms with Crippen LogP contribution < -0.4 is 5.32 Å². The number of benzene rings is 1. The van der Waals surface area contributed by atoms with Crippen molar-refractivity contribution in [1.82, 2.24) is 5.32 Å². The number of amides is 1. The second kappa shape index (κ2) is 4.63. The summed E-state index contributed by atoms with van der Waals surface area (Å²) >= 11 is 1.46. The summed E-state index contributed by atoms with van der Waals surface area (Å²) in [6, 6.07) is 9.75. The maximum atomic E-state index is 11.7. The average molecular weight is 235 g/mol. The summed E-state index contributed by atoms with van der Waals surface area (Å²) in [6.07, 6.45) is -0.515. The lowest BCUT2D eigenvalue weighted by Crippen LogP contribution is -2.29. The largest absolute Gasteiger partial charge is 0.392 e. The van der Waals surface area contributed by atoms with E-state index in [4.69, 9.17) is 5.11 Å². The molecule has 0 bridgehead atoms. The van der Waals surface area contributed by atoms with Crippen molar-refractivity contribution in [2.24, 2.45) is 0 Å². The fourth-order valence-corrected chi connectivity index (χ4v) is 2.40. The molecular weight excluding hydrogens is 222 g/mol. The van der Waals surface area contributed by atoms with Crippen molar-refractivity contribution >= 4 is 27.3 Å². The average Bonchev–Trinajstić information content (AvgIpc) is 2.69. The van der Waals surface area contributed by atoms with Crippen molar-refractivity contribution in [2.45, 2.75) is 13.0 Å². The van der Waals surface area contributed by atoms with Gasteiger partial charge in [-0.25, -0.2) is 0 Å². The lowest BCUT2D eigenvalue weighted by Gasteiger charge is -2.04. The molecule has 3 nitrogen and oxygen atoms in total. The third kappa shape index (κ3) is 2.40. The number of thiophene rings is 1. The minimum atomic E-state index is -0.515. The molecule has 1 atom stereocenters. The van der Waals surface area contributed by atoms with Crippen LogP contribution in [0.25, 0.3) is 10.1 Å². The zero-order valence-electron chi connectivity index (χ0n) is 8.93. The van der Waals surface area contributed by atoms with E-state index in [-0.39, 0.29) is 12.5 Å². The first-order valence-corrected chi connectivity index (χ1v) is 5.93. The molecular formula is C12H13NO2S. The summed E-state index contributed by atoms with van der Waals surface area (Å²) in [5.74, 6) is -0.123. The number of rotatable bonds is 3. The van der Waals surface area contributed by atoms with E-state index in [0.717, 1.165) is 10.1 Å². The topological polar surface area (TPSA) is 49.3 Å². The molecule has 4 heteroatoms. The minimum Gasteiger partial charge on any atom is -0.392 e. The molecule has 2 rings (SSSR count). The first kappa shape index (κ1) is 11.1. The molecule has 0 spiro atoms. The molecule has 0 saturated carbocycles. The van der Waals surface area contributed by atoms with Crippen molar-refractivity contribution < 1.29 is 9.90 Å². The molecule has 1 aromatic heterocycles. The molecule has 1 aromatic carbocycles. The SMILES string of the molecule is CC(O)CNC(=O)c1cc2ccccc2s1. The quantitative estimate of drug-likeness (QED) is 0.855. The van der Waals surface area contributed by atoms with E-state index < -0.39 is 6.10 Å². The van der Waals surface area contributed by atoms with E-state index in [1.807, 2.05) is 30.3 Å². The molecule has 16 heavy (non-hydrogen) atoms. The number of aliphatic hydroxyl groups excluding tert-OH is 1. The third-order valence-electron chi connectivity index (χ3n) is 2.21. The number of aliphatic hydroxyl groups is 1. The van der Waals surface area contributed by atoms with Gasteiger partial charge in [-0.2, -0.15) is 0 Å². The molecule has 0 fully saturated rings. The van der Waals surface area contributed by atoms with Crippen LogP contribution in [0.2, 0.25) is 0 Å². The Hall–Kier alpha value is -1.39. The van der Waals surface area contributed by atoms with Crippen LogP contribution in [-0.2, 0) is 0 Å². The standard InChI is InChI=1S/C12H13NO2S/c1-8(14)7-13-12(15)11-6-9-4-2-3-5-10(9)16-11/h2-6,8,14H,7H2,1H3,(H,13,15). The predicted molar refractivity (Wildman–Crippen MR) is 65.8 cm³/mol. The normalized spacial score (nSPS) is 12.6. The summed E-state index contributed by atoms with van der Waals surface area (Å²) in [7, 11) is 0. The number of fused-ring (bicyclic) bond motifs is 1. The molecule has 1 unspecified atom stereocenters. The van der Waals surface area contributed by atoms with Gasteiger partial charge in [0.25, 0.3) is 5.91 Å². The van der Waals surface area contributed by atoms with Gasteiger partial charge in [-0.15, -0.1) is 11.3 Å². The molecule has 0 aliphatic heterocycles. The Bertz CT molecular complexity index is 471. The van der Waals surface area contributed by atoms with Crippen LogP contribution in [0, 0.1) is 0 Å². The van der Waals surface area contributed by atoms with E-state index >= 15 is 0 Å². The molecule has 1 amide bonds. The molecule has 2 N–H and O–H groups in total. The Morgan fingerprint density at radius 2 is 2.25 bits per heavy atom. The van der Waals surface area contributed by atoms with Crippen molar-refractivity contribution in [3.8, 4) is 0 Å². The van der Waals surface area contributed by atoms with Gasteiger partial charge in [-0.1, -0.05) is 18.2 Å². The smallest absolute Gasteiger partial charge is 0.261 e. The van der Waals surface area contributed by atoms with Gasteiger partial charge < -0.3 is 10.4 Å². The summed E-state index contributed by atoms with van der Waals surface area (Å²) in [5, 5.41) is 12.8. The number of carbonyl (C=O) groups excluding carboxylic acids is 1. The maximum absolute atomic E-state index is 11.7. The highest BCUT2D eigenvalue weighted by Gasteiger charge is 2.09. The van der Waals surface area contributed by atoms with Crippen molar-refractivity contribution in [2.75, 3.05) is 6.54 Å². The van der Waals surface area contributed by atoms with Crippen LogP contribution in [0.1, 0.15) is 16.6 Å². The van der Waals surface area contributed by atoms with E-state index in [9.17, 15) is 4.79 Å². The summed E-state index contributed by atoms with van der Waals surface area (Å²) in [4.78, 5) is 12.4. The Balaban J connectivity index is 2.17. The van der Waals surface area contributed by atoms with Gasteiger partial charge in [0.2, 0.25) is 0 Å². The van der Waals surface area contributed by atoms with Gasteiger partial charge in [-0.3, -0.25) is 4.79 Å². The number of carbonyl (C=O) groups is 1. The Morgan fingerprint density at radius 3 is 2.94 bits per heavy atom. The summed E-state index contributed by atoms with van der Waals surface area (Å²) in [5.41, 5.74) is 0. The van der Waals surface area contributed by atoms with Crippen LogP contribution >= 0.6 is 11.3 Å². The van der Waals surface area contributed by atoms with Crippen LogP contribution in [0.15, 0.2) is 30.3 Å². The van der Waals surface area contributed by atoms with Crippen molar-refractivity contribution in [1.29, 1.82) is 0 Å². The number of hydrogen-bond acceptors (Lipinski definition) is 3. The maximum Gasteiger partial charge on any atom is 0.261 e. The van der Waals surface area contributed by atoms with E-state index in [1.54, 1.807) is 6.92 Å². The van der Waals surface area contributed by atoms with Crippen LogP contribution in [0.3, 0.4) is 0 Å². The fraction of sp³-hybridized carbons (Fsp3) is 0.250. The zero-order valence-corrected chi connectivity index (χ0v) is 9.75. The predicted octanol–water partition coefficient (Wildman–Crippen LogP) is 2.01. The number of nitrogens with one attached hydrogen (secondary N) is 1. The molecule has 84 valence electrons. The highest BCUT2D eigenvalue weighted by molar-refractivity contribution is 7.20. The van der Waals surface area contributed by atoms with Crippen LogP contribution in [-0.4, -0.2) is 23.7 Å². The Morgan fingerprint density at radius 1 is 1.50 bits per heavy atom. The number of hydrogen-bond donors (Lipinski definition) is 2. The molecule has 2 aromatic rings. The first-order chi connectivity index (χ1) is 7.66. The molecule has 1 heterocycles. The lowest BCUT2D eigenvalue weighted by atomic mass is 10.2. The highest BCUT2D eigenvalue weighted by atomic mass is 32.1. The zero-order chi connectivity index (χ0) is 11.5. The van der Waals surface area contributed by atoms with Crippen molar-refractivity contribution in [3.05, 3.63) is 35.2 Å². The van der Waals surface area contributed by atoms with Crippen LogP contribution in [0.4, 0.5) is 0 Å². The van der Waals surface area contributed by atoms with E-state index in [2.05, 4.69) is 5.32 Å². The second-order valence-corrected chi connectivity index (χ2v) is 4.79. The van der Waals surface area contributed by atoms with Gasteiger partial charge in [-0.05, 0) is 24.4 Å². The van der Waals surface area contributed by atoms with E-state index in [0.29, 0.717) is 4.88 Å². The van der Waals surface area contributed by atoms with Gasteiger partial charge in [0, 0.05) is 11.2 Å². The van der Waals surface area contributed by atoms with E-state index in [1.165, 1.54) is 11.3 Å². The molecule has 0 aliphatic rings. The van der Waals surface area contributed by atoms with Gasteiger partial charge in [0.15, 0.2) is 0 Å².